The van der Waals surface area contributed by atoms with Gasteiger partial charge in [-0.05, 0) is 84.6 Å². The van der Waals surface area contributed by atoms with E-state index in [2.05, 4.69) is 101 Å². The van der Waals surface area contributed by atoms with E-state index in [4.69, 9.17) is 14.6 Å². The number of fused-ring (bicyclic) bond motifs is 4. The van der Waals surface area contributed by atoms with E-state index in [1.54, 1.807) is 7.11 Å². The van der Waals surface area contributed by atoms with Gasteiger partial charge in [0.15, 0.2) is 0 Å². The molecule has 0 N–H and O–H groups in total. The van der Waals surface area contributed by atoms with E-state index in [-0.39, 0.29) is 12.3 Å². The fourth-order valence-corrected chi connectivity index (χ4v) is 6.62. The Morgan fingerprint density at radius 2 is 1.74 bits per heavy atom. The molecular weight excluding hydrogens is 624 g/mol. The van der Waals surface area contributed by atoms with Crippen LogP contribution in [0.25, 0.3) is 10.8 Å². The van der Waals surface area contributed by atoms with Gasteiger partial charge in [0.05, 0.1) is 27.8 Å². The highest BCUT2D eigenvalue weighted by Crippen LogP contribution is 2.51. The highest BCUT2D eigenvalue weighted by Gasteiger charge is 2.42. The summed E-state index contributed by atoms with van der Waals surface area (Å²) < 4.78 is 14.8. The molecule has 0 fully saturated rings. The molecule has 0 radical (unpaired) electrons. The number of benzene rings is 4. The van der Waals surface area contributed by atoms with Crippen LogP contribution in [0, 0.1) is 0 Å². The van der Waals surface area contributed by atoms with Gasteiger partial charge in [0.2, 0.25) is 6.23 Å². The molecule has 4 nitrogen and oxygen atoms in total. The maximum Gasteiger partial charge on any atom is 0.213 e. The van der Waals surface area contributed by atoms with E-state index < -0.39 is 0 Å². The van der Waals surface area contributed by atoms with Crippen LogP contribution in [-0.4, -0.2) is 17.8 Å². The highest BCUT2D eigenvalue weighted by atomic mass is 79.9. The van der Waals surface area contributed by atoms with E-state index in [1.807, 2.05) is 24.3 Å². The minimum absolute atomic E-state index is 0.0601. The predicted octanol–water partition coefficient (Wildman–Crippen LogP) is 8.38. The second-order valence-electron chi connectivity index (χ2n) is 8.38. The molecule has 6 rings (SSSR count). The van der Waals surface area contributed by atoms with Gasteiger partial charge >= 0.3 is 0 Å². The van der Waals surface area contributed by atoms with Crippen LogP contribution in [0.2, 0.25) is 0 Å². The molecule has 170 valence electrons. The summed E-state index contributed by atoms with van der Waals surface area (Å²) in [6.45, 7) is 0. The molecule has 0 spiro atoms. The highest BCUT2D eigenvalue weighted by molar-refractivity contribution is 9.11. The van der Waals surface area contributed by atoms with Gasteiger partial charge < -0.3 is 9.47 Å². The average molecular weight is 643 g/mol. The van der Waals surface area contributed by atoms with Crippen molar-refractivity contribution in [3.8, 4) is 11.5 Å². The molecule has 2 aliphatic heterocycles. The van der Waals surface area contributed by atoms with Gasteiger partial charge in [-0.25, -0.2) is 5.01 Å². The minimum atomic E-state index is -0.366. The largest absolute Gasteiger partial charge is 0.496 e. The van der Waals surface area contributed by atoms with Crippen LogP contribution < -0.4 is 9.47 Å². The summed E-state index contributed by atoms with van der Waals surface area (Å²) in [6, 6.07) is 25.2. The smallest absolute Gasteiger partial charge is 0.213 e. The summed E-state index contributed by atoms with van der Waals surface area (Å²) in [5.74, 6) is 1.64. The Balaban J connectivity index is 1.47. The Labute approximate surface area is 222 Å². The lowest BCUT2D eigenvalue weighted by atomic mass is 9.95. The van der Waals surface area contributed by atoms with E-state index in [0.717, 1.165) is 53.7 Å². The molecule has 4 aromatic rings. The van der Waals surface area contributed by atoms with Crippen LogP contribution in [0.5, 0.6) is 11.5 Å². The molecule has 0 aliphatic carbocycles. The Morgan fingerprint density at radius 1 is 0.912 bits per heavy atom. The van der Waals surface area contributed by atoms with Crippen molar-refractivity contribution in [2.24, 2.45) is 5.10 Å². The van der Waals surface area contributed by atoms with E-state index in [0.29, 0.717) is 0 Å². The standard InChI is InChI=1S/C27H19Br3N2O2/c1-33-25-9-8-18(11-21(25)29)27-32-24(20-12-19(28)13-22(30)26(20)34-27)14-23(31-32)17-7-6-15-4-2-3-5-16(15)10-17/h2-13,24,27H,14H2,1H3/t24-,27+/m1/s1. The molecule has 2 atom stereocenters. The van der Waals surface area contributed by atoms with Crippen molar-refractivity contribution in [1.82, 2.24) is 5.01 Å². The Morgan fingerprint density at radius 3 is 2.53 bits per heavy atom. The maximum absolute atomic E-state index is 6.59. The Kier molecular flexibility index (Phi) is 5.66. The fraction of sp³-hybridized carbons (Fsp3) is 0.148. The Hall–Kier alpha value is -2.35. The van der Waals surface area contributed by atoms with Crippen molar-refractivity contribution < 1.29 is 9.47 Å². The third-order valence-electron chi connectivity index (χ3n) is 6.35. The molecule has 0 saturated carbocycles. The average Bonchev–Trinajstić information content (AvgIpc) is 3.29. The lowest BCUT2D eigenvalue weighted by Crippen LogP contribution is -2.34. The van der Waals surface area contributed by atoms with Crippen molar-refractivity contribution in [2.45, 2.75) is 18.7 Å². The fourth-order valence-electron chi connectivity index (χ4n) is 4.71. The summed E-state index contributed by atoms with van der Waals surface area (Å²) in [6.07, 6.45) is 0.431. The first-order chi connectivity index (χ1) is 16.5. The summed E-state index contributed by atoms with van der Waals surface area (Å²) in [7, 11) is 1.67. The zero-order valence-corrected chi connectivity index (χ0v) is 22.9. The topological polar surface area (TPSA) is 34.1 Å². The normalized spacial score (nSPS) is 18.8. The Bertz CT molecular complexity index is 1470. The number of nitrogens with zero attached hydrogens (tertiary/aromatic N) is 2. The summed E-state index contributed by atoms with van der Waals surface area (Å²) in [4.78, 5) is 0. The van der Waals surface area contributed by atoms with Crippen molar-refractivity contribution in [3.05, 3.63) is 103 Å². The lowest BCUT2D eigenvalue weighted by molar-refractivity contribution is -0.0197. The molecule has 4 aromatic carbocycles. The van der Waals surface area contributed by atoms with Crippen molar-refractivity contribution >= 4 is 64.3 Å². The summed E-state index contributed by atoms with van der Waals surface area (Å²) >= 11 is 11.0. The molecule has 2 aliphatic rings. The molecule has 34 heavy (non-hydrogen) atoms. The van der Waals surface area contributed by atoms with Crippen LogP contribution in [0.4, 0.5) is 0 Å². The maximum atomic E-state index is 6.59. The molecule has 7 heteroatoms. The zero-order chi connectivity index (χ0) is 23.4. The van der Waals surface area contributed by atoms with E-state index >= 15 is 0 Å². The van der Waals surface area contributed by atoms with Gasteiger partial charge in [0.25, 0.3) is 0 Å². The van der Waals surface area contributed by atoms with Crippen molar-refractivity contribution in [3.63, 3.8) is 0 Å². The van der Waals surface area contributed by atoms with Crippen LogP contribution in [0.1, 0.15) is 35.4 Å². The minimum Gasteiger partial charge on any atom is -0.496 e. The lowest BCUT2D eigenvalue weighted by Gasteiger charge is -2.38. The number of hydrogen-bond donors (Lipinski definition) is 0. The second kappa shape index (κ2) is 8.70. The third-order valence-corrected chi connectivity index (χ3v) is 8.02. The first-order valence-corrected chi connectivity index (χ1v) is 13.2. The predicted molar refractivity (Wildman–Crippen MR) is 146 cm³/mol. The van der Waals surface area contributed by atoms with Crippen LogP contribution in [-0.2, 0) is 0 Å². The number of hydrogen-bond acceptors (Lipinski definition) is 4. The van der Waals surface area contributed by atoms with Gasteiger partial charge in [-0.15, -0.1) is 0 Å². The second-order valence-corrected chi connectivity index (χ2v) is 11.0. The molecule has 0 unspecified atom stereocenters. The monoisotopic (exact) mass is 640 g/mol. The van der Waals surface area contributed by atoms with Gasteiger partial charge in [0, 0.05) is 22.0 Å². The summed E-state index contributed by atoms with van der Waals surface area (Å²) in [5, 5.41) is 9.66. The van der Waals surface area contributed by atoms with Gasteiger partial charge in [-0.2, -0.15) is 5.10 Å². The molecule has 2 heterocycles. The zero-order valence-electron chi connectivity index (χ0n) is 18.1. The quantitative estimate of drug-likeness (QED) is 0.225. The van der Waals surface area contributed by atoms with Crippen molar-refractivity contribution in [2.75, 3.05) is 7.11 Å². The van der Waals surface area contributed by atoms with Crippen LogP contribution in [0.15, 0.2) is 91.3 Å². The molecule has 0 amide bonds. The van der Waals surface area contributed by atoms with Crippen molar-refractivity contribution in [1.29, 1.82) is 0 Å². The molecule has 0 saturated heterocycles. The number of methoxy groups -OCH3 is 1. The third kappa shape index (κ3) is 3.74. The van der Waals surface area contributed by atoms with E-state index in [1.165, 1.54) is 10.8 Å². The van der Waals surface area contributed by atoms with Gasteiger partial charge in [-0.3, -0.25) is 0 Å². The summed E-state index contributed by atoms with van der Waals surface area (Å²) in [5.41, 5.74) is 4.31. The first-order valence-electron chi connectivity index (χ1n) is 10.9. The van der Waals surface area contributed by atoms with Gasteiger partial charge in [-0.1, -0.05) is 52.3 Å². The molecular formula is C27H19Br3N2O2. The molecule has 0 bridgehead atoms. The van der Waals surface area contributed by atoms with Crippen LogP contribution >= 0.6 is 47.8 Å². The van der Waals surface area contributed by atoms with Crippen LogP contribution in [0.3, 0.4) is 0 Å². The SMILES string of the molecule is COc1ccc([C@@H]2Oc3c(Br)cc(Br)cc3[C@H]3CC(c4ccc5ccccc5c4)=NN32)cc1Br. The van der Waals surface area contributed by atoms with Gasteiger partial charge in [0.1, 0.15) is 11.5 Å². The first kappa shape index (κ1) is 22.1. The number of ether oxygens (including phenoxy) is 2. The number of halogens is 3. The van der Waals surface area contributed by atoms with E-state index in [9.17, 15) is 0 Å². The molecule has 0 aromatic heterocycles. The number of hydrazone groups is 1. The number of rotatable bonds is 3.